The lowest BCUT2D eigenvalue weighted by atomic mass is 9.91. The van der Waals surface area contributed by atoms with Crippen molar-refractivity contribution < 1.29 is 9.53 Å². The van der Waals surface area contributed by atoms with E-state index in [1.54, 1.807) is 0 Å². The Hall–Kier alpha value is -0.610. The third-order valence-corrected chi connectivity index (χ3v) is 3.28. The molecular formula is C11H20N2O2. The molecule has 0 bridgehead atoms. The second-order valence-electron chi connectivity index (χ2n) is 4.63. The molecular weight excluding hydrogens is 192 g/mol. The SMILES string of the molecule is NC1CCCC(NC(=O)C2CCCO2)C1. The van der Waals surface area contributed by atoms with Gasteiger partial charge in [0.25, 0.3) is 0 Å². The molecule has 0 aromatic heterocycles. The molecule has 2 fully saturated rings. The summed E-state index contributed by atoms with van der Waals surface area (Å²) >= 11 is 0. The van der Waals surface area contributed by atoms with Crippen molar-refractivity contribution in [1.29, 1.82) is 0 Å². The molecule has 2 rings (SSSR count). The molecule has 0 spiro atoms. The quantitative estimate of drug-likeness (QED) is 0.702. The lowest BCUT2D eigenvalue weighted by Gasteiger charge is -2.28. The summed E-state index contributed by atoms with van der Waals surface area (Å²) in [6, 6.07) is 0.527. The lowest BCUT2D eigenvalue weighted by molar-refractivity contribution is -0.131. The van der Waals surface area contributed by atoms with Crippen LogP contribution in [-0.2, 0) is 9.53 Å². The number of carbonyl (C=O) groups excluding carboxylic acids is 1. The minimum atomic E-state index is -0.205. The molecule has 0 radical (unpaired) electrons. The third-order valence-electron chi connectivity index (χ3n) is 3.28. The van der Waals surface area contributed by atoms with Gasteiger partial charge >= 0.3 is 0 Å². The summed E-state index contributed by atoms with van der Waals surface area (Å²) in [4.78, 5) is 11.7. The van der Waals surface area contributed by atoms with Crippen LogP contribution >= 0.6 is 0 Å². The Bertz CT molecular complexity index is 227. The molecule has 3 atom stereocenters. The molecule has 0 aromatic carbocycles. The number of carbonyl (C=O) groups is 1. The second-order valence-corrected chi connectivity index (χ2v) is 4.63. The molecule has 86 valence electrons. The van der Waals surface area contributed by atoms with Crippen LogP contribution < -0.4 is 11.1 Å². The van der Waals surface area contributed by atoms with E-state index in [0.717, 1.165) is 45.1 Å². The topological polar surface area (TPSA) is 64.3 Å². The molecule has 3 N–H and O–H groups in total. The van der Waals surface area contributed by atoms with Crippen LogP contribution in [0.5, 0.6) is 0 Å². The predicted molar refractivity (Wildman–Crippen MR) is 57.3 cm³/mol. The molecule has 15 heavy (non-hydrogen) atoms. The Morgan fingerprint density at radius 2 is 2.13 bits per heavy atom. The molecule has 1 saturated heterocycles. The van der Waals surface area contributed by atoms with Gasteiger partial charge in [-0.1, -0.05) is 0 Å². The van der Waals surface area contributed by atoms with Crippen LogP contribution in [-0.4, -0.2) is 30.7 Å². The number of nitrogens with one attached hydrogen (secondary N) is 1. The molecule has 2 aliphatic rings. The molecule has 1 aliphatic heterocycles. The van der Waals surface area contributed by atoms with E-state index in [-0.39, 0.29) is 24.1 Å². The van der Waals surface area contributed by atoms with Gasteiger partial charge in [0.1, 0.15) is 6.10 Å². The first-order chi connectivity index (χ1) is 7.25. The first-order valence-corrected chi connectivity index (χ1v) is 5.93. The highest BCUT2D eigenvalue weighted by Gasteiger charge is 2.27. The van der Waals surface area contributed by atoms with Crippen molar-refractivity contribution in [1.82, 2.24) is 5.32 Å². The van der Waals surface area contributed by atoms with Crippen LogP contribution in [0.1, 0.15) is 38.5 Å². The zero-order valence-corrected chi connectivity index (χ0v) is 9.08. The van der Waals surface area contributed by atoms with E-state index in [1.165, 1.54) is 0 Å². The Labute approximate surface area is 90.5 Å². The van der Waals surface area contributed by atoms with E-state index in [4.69, 9.17) is 10.5 Å². The molecule has 1 saturated carbocycles. The molecule has 4 nitrogen and oxygen atoms in total. The molecule has 0 aromatic rings. The lowest BCUT2D eigenvalue weighted by Crippen LogP contribution is -2.45. The smallest absolute Gasteiger partial charge is 0.249 e. The number of hydrogen-bond donors (Lipinski definition) is 2. The van der Waals surface area contributed by atoms with Gasteiger partial charge in [-0.25, -0.2) is 0 Å². The minimum absolute atomic E-state index is 0.0617. The van der Waals surface area contributed by atoms with Crippen molar-refractivity contribution in [2.75, 3.05) is 6.61 Å². The highest BCUT2D eigenvalue weighted by Crippen LogP contribution is 2.18. The zero-order valence-electron chi connectivity index (χ0n) is 9.08. The number of rotatable bonds is 2. The third kappa shape index (κ3) is 2.92. The van der Waals surface area contributed by atoms with E-state index in [9.17, 15) is 4.79 Å². The van der Waals surface area contributed by atoms with Crippen molar-refractivity contribution in [3.05, 3.63) is 0 Å². The summed E-state index contributed by atoms with van der Waals surface area (Å²) in [5.41, 5.74) is 5.87. The van der Waals surface area contributed by atoms with Gasteiger partial charge in [-0.15, -0.1) is 0 Å². The fraction of sp³-hybridized carbons (Fsp3) is 0.909. The standard InChI is InChI=1S/C11H20N2O2/c12-8-3-1-4-9(7-8)13-11(14)10-5-2-6-15-10/h8-10H,1-7,12H2,(H,13,14). The van der Waals surface area contributed by atoms with Crippen LogP contribution in [0.4, 0.5) is 0 Å². The van der Waals surface area contributed by atoms with Crippen LogP contribution in [0.15, 0.2) is 0 Å². The zero-order chi connectivity index (χ0) is 10.7. The van der Waals surface area contributed by atoms with Gasteiger partial charge in [0.15, 0.2) is 0 Å². The number of amides is 1. The van der Waals surface area contributed by atoms with Gasteiger partial charge in [0.05, 0.1) is 0 Å². The van der Waals surface area contributed by atoms with Crippen LogP contribution in [0.3, 0.4) is 0 Å². The monoisotopic (exact) mass is 212 g/mol. The van der Waals surface area contributed by atoms with Crippen LogP contribution in [0, 0.1) is 0 Å². The highest BCUT2D eigenvalue weighted by atomic mass is 16.5. The summed E-state index contributed by atoms with van der Waals surface area (Å²) < 4.78 is 5.34. The molecule has 1 aliphatic carbocycles. The van der Waals surface area contributed by atoms with Gasteiger partial charge in [-0.3, -0.25) is 4.79 Å². The van der Waals surface area contributed by atoms with E-state index in [1.807, 2.05) is 0 Å². The first kappa shape index (κ1) is 10.9. The predicted octanol–water partition coefficient (Wildman–Crippen LogP) is 0.551. The number of hydrogen-bond acceptors (Lipinski definition) is 3. The van der Waals surface area contributed by atoms with Gasteiger partial charge in [0, 0.05) is 18.7 Å². The van der Waals surface area contributed by atoms with Crippen molar-refractivity contribution in [3.63, 3.8) is 0 Å². The van der Waals surface area contributed by atoms with Crippen LogP contribution in [0.25, 0.3) is 0 Å². The summed E-state index contributed by atoms with van der Waals surface area (Å²) in [5, 5.41) is 3.05. The van der Waals surface area contributed by atoms with Crippen molar-refractivity contribution in [2.24, 2.45) is 5.73 Å². The average Bonchev–Trinajstić information content (AvgIpc) is 2.70. The van der Waals surface area contributed by atoms with E-state index < -0.39 is 0 Å². The second kappa shape index (κ2) is 4.94. The highest BCUT2D eigenvalue weighted by molar-refractivity contribution is 5.81. The molecule has 1 heterocycles. The summed E-state index contributed by atoms with van der Waals surface area (Å²) in [7, 11) is 0. The Balaban J connectivity index is 1.77. The molecule has 1 amide bonds. The van der Waals surface area contributed by atoms with Gasteiger partial charge in [-0.2, -0.15) is 0 Å². The first-order valence-electron chi connectivity index (χ1n) is 5.93. The van der Waals surface area contributed by atoms with Gasteiger partial charge < -0.3 is 15.8 Å². The minimum Gasteiger partial charge on any atom is -0.368 e. The van der Waals surface area contributed by atoms with Crippen molar-refractivity contribution in [2.45, 2.75) is 56.7 Å². The van der Waals surface area contributed by atoms with Crippen molar-refractivity contribution >= 4 is 5.91 Å². The maximum absolute atomic E-state index is 11.7. The largest absolute Gasteiger partial charge is 0.368 e. The molecule has 3 unspecified atom stereocenters. The Morgan fingerprint density at radius 1 is 1.27 bits per heavy atom. The normalized spacial score (nSPS) is 36.5. The average molecular weight is 212 g/mol. The van der Waals surface area contributed by atoms with E-state index in [0.29, 0.717) is 0 Å². The van der Waals surface area contributed by atoms with E-state index in [2.05, 4.69) is 5.32 Å². The van der Waals surface area contributed by atoms with Gasteiger partial charge in [-0.05, 0) is 38.5 Å². The number of nitrogens with two attached hydrogens (primary N) is 1. The molecule has 4 heteroatoms. The Kier molecular flexibility index (Phi) is 3.59. The van der Waals surface area contributed by atoms with E-state index >= 15 is 0 Å². The van der Waals surface area contributed by atoms with Gasteiger partial charge in [0.2, 0.25) is 5.91 Å². The Morgan fingerprint density at radius 3 is 2.80 bits per heavy atom. The van der Waals surface area contributed by atoms with Crippen molar-refractivity contribution in [3.8, 4) is 0 Å². The summed E-state index contributed by atoms with van der Waals surface area (Å²) in [6.45, 7) is 0.724. The van der Waals surface area contributed by atoms with Crippen LogP contribution in [0.2, 0.25) is 0 Å². The summed E-state index contributed by atoms with van der Waals surface area (Å²) in [5.74, 6) is 0.0617. The number of ether oxygens (including phenoxy) is 1. The summed E-state index contributed by atoms with van der Waals surface area (Å²) in [6.07, 6.45) is 5.85. The fourth-order valence-electron chi connectivity index (χ4n) is 2.44. The fourth-order valence-corrected chi connectivity index (χ4v) is 2.44. The maximum Gasteiger partial charge on any atom is 0.249 e. The maximum atomic E-state index is 11.7.